The first-order valence-electron chi connectivity index (χ1n) is 12.1. The first-order chi connectivity index (χ1) is 19.1. The highest BCUT2D eigenvalue weighted by Gasteiger charge is 2.08. The number of benzene rings is 2. The minimum Gasteiger partial charge on any atom is -0.369 e. The highest BCUT2D eigenvalue weighted by atomic mass is 79.9. The van der Waals surface area contributed by atoms with Crippen LogP contribution in [0.1, 0.15) is 11.1 Å². The maximum Gasteiger partial charge on any atom is 0.166 e. The van der Waals surface area contributed by atoms with Crippen LogP contribution in [0.25, 0.3) is 0 Å². The zero-order valence-electron chi connectivity index (χ0n) is 21.5. The molecule has 8 nitrogen and oxygen atoms in total. The Hall–Kier alpha value is -2.01. The fourth-order valence-corrected chi connectivity index (χ4v) is 4.75. The summed E-state index contributed by atoms with van der Waals surface area (Å²) in [7, 11) is 0. The van der Waals surface area contributed by atoms with Crippen LogP contribution in [0.2, 0.25) is 0 Å². The molecule has 0 saturated carbocycles. The Morgan fingerprint density at radius 2 is 1.00 bits per heavy atom. The van der Waals surface area contributed by atoms with E-state index in [1.807, 2.05) is 48.5 Å². The Balaban J connectivity index is 0.00000560. The Kier molecular flexibility index (Phi) is 16.4. The number of nitrogens with zero attached hydrogens (tertiary/aromatic N) is 6. The highest BCUT2D eigenvalue weighted by molar-refractivity contribution is 9.10. The topological polar surface area (TPSA) is 81.0 Å². The van der Waals surface area contributed by atoms with Gasteiger partial charge in [-0.1, -0.05) is 24.3 Å². The van der Waals surface area contributed by atoms with Crippen LogP contribution in [0.4, 0.5) is 23.0 Å². The molecule has 1 heterocycles. The Labute approximate surface area is 269 Å². The summed E-state index contributed by atoms with van der Waals surface area (Å²) in [6.07, 6.45) is 4.85. The van der Waals surface area contributed by atoms with E-state index in [4.69, 9.17) is 46.4 Å². The predicted molar refractivity (Wildman–Crippen MR) is 180 cm³/mol. The highest BCUT2D eigenvalue weighted by Crippen LogP contribution is 2.26. The predicted octanol–water partition coefficient (Wildman–Crippen LogP) is 7.12. The van der Waals surface area contributed by atoms with Gasteiger partial charge in [-0.05, 0) is 51.3 Å². The second kappa shape index (κ2) is 19.2. The maximum atomic E-state index is 5.90. The summed E-state index contributed by atoms with van der Waals surface area (Å²) in [5.41, 5.74) is 9.85. The lowest BCUT2D eigenvalue weighted by molar-refractivity contribution is 0.874. The lowest BCUT2D eigenvalue weighted by Crippen LogP contribution is -2.27. The van der Waals surface area contributed by atoms with Gasteiger partial charge in [0.1, 0.15) is 10.8 Å². The smallest absolute Gasteiger partial charge is 0.166 e. The quantitative estimate of drug-likeness (QED) is 0.0937. The number of halogens is 6. The van der Waals surface area contributed by atoms with Crippen molar-refractivity contribution in [2.45, 2.75) is 0 Å². The summed E-state index contributed by atoms with van der Waals surface area (Å²) < 4.78 is 0.598. The monoisotopic (exact) mass is 708 g/mol. The number of nitrogens with one attached hydrogen (secondary N) is 2. The largest absolute Gasteiger partial charge is 0.369 e. The summed E-state index contributed by atoms with van der Waals surface area (Å²) in [6, 6.07) is 16.0. The van der Waals surface area contributed by atoms with E-state index in [0.29, 0.717) is 39.6 Å². The molecule has 0 atom stereocenters. The lowest BCUT2D eigenvalue weighted by Gasteiger charge is -2.22. The molecule has 0 aliphatic rings. The number of hydrogen-bond donors (Lipinski definition) is 2. The average Bonchev–Trinajstić information content (AvgIpc) is 2.95. The zero-order valence-corrected chi connectivity index (χ0v) is 26.9. The maximum absolute atomic E-state index is 5.90. The molecular weight excluding hydrogens is 682 g/mol. The van der Waals surface area contributed by atoms with Crippen molar-refractivity contribution in [3.63, 3.8) is 0 Å². The van der Waals surface area contributed by atoms with Gasteiger partial charge in [0.05, 0.1) is 12.4 Å². The van der Waals surface area contributed by atoms with Gasteiger partial charge in [-0.2, -0.15) is 10.2 Å². The standard InChI is InChI=1S/C26H29BrCl4N8.ClH/c27-24-25(36-34-17-20-1-5-22(6-2-20)38(13-9-28)14-10-29)32-19-33-26(24)37-35-18-21-3-7-23(8-4-21)39(15-11-30)16-12-31;/h1-8,17-19H,9-16H2,(H2,32,33,36,37);1H/b34-17+,35-18+;. The van der Waals surface area contributed by atoms with E-state index in [2.05, 4.69) is 56.8 Å². The van der Waals surface area contributed by atoms with Gasteiger partial charge in [-0.3, -0.25) is 10.9 Å². The van der Waals surface area contributed by atoms with Crippen LogP contribution in [0.3, 0.4) is 0 Å². The molecule has 3 aromatic rings. The van der Waals surface area contributed by atoms with E-state index >= 15 is 0 Å². The number of hydrogen-bond acceptors (Lipinski definition) is 8. The second-order valence-corrected chi connectivity index (χ2v) is 10.3. The van der Waals surface area contributed by atoms with E-state index in [1.165, 1.54) is 6.33 Å². The molecule has 0 fully saturated rings. The van der Waals surface area contributed by atoms with Gasteiger partial charge in [0.25, 0.3) is 0 Å². The normalized spacial score (nSPS) is 11.0. The van der Waals surface area contributed by atoms with E-state index in [1.54, 1.807) is 12.4 Å². The third kappa shape index (κ3) is 10.8. The molecule has 1 aromatic heterocycles. The number of aromatic nitrogens is 2. The van der Waals surface area contributed by atoms with Crippen molar-refractivity contribution < 1.29 is 0 Å². The molecule has 0 unspecified atom stereocenters. The van der Waals surface area contributed by atoms with Crippen molar-refractivity contribution in [1.82, 2.24) is 9.97 Å². The number of hydrazone groups is 2. The molecule has 2 aromatic carbocycles. The Morgan fingerprint density at radius 3 is 1.32 bits per heavy atom. The zero-order chi connectivity index (χ0) is 27.9. The SMILES string of the molecule is Cl.ClCCN(CCCl)c1ccc(/C=N/Nc2ncnc(N/N=C/c3ccc(N(CCCl)CCCl)cc3)c2Br)cc1. The van der Waals surface area contributed by atoms with Crippen LogP contribution in [0.5, 0.6) is 0 Å². The van der Waals surface area contributed by atoms with E-state index in [9.17, 15) is 0 Å². The summed E-state index contributed by atoms with van der Waals surface area (Å²) >= 11 is 27.1. The van der Waals surface area contributed by atoms with E-state index in [-0.39, 0.29) is 12.4 Å². The molecule has 0 amide bonds. The van der Waals surface area contributed by atoms with Crippen molar-refractivity contribution in [2.24, 2.45) is 10.2 Å². The average molecular weight is 712 g/mol. The van der Waals surface area contributed by atoms with Gasteiger partial charge in [-0.15, -0.1) is 58.8 Å². The van der Waals surface area contributed by atoms with Crippen LogP contribution in [-0.4, -0.2) is 72.1 Å². The molecule has 0 aliphatic heterocycles. The van der Waals surface area contributed by atoms with Gasteiger partial charge < -0.3 is 9.80 Å². The van der Waals surface area contributed by atoms with Crippen LogP contribution in [0.15, 0.2) is 69.5 Å². The van der Waals surface area contributed by atoms with Crippen molar-refractivity contribution in [2.75, 3.05) is 70.4 Å². The molecule has 0 spiro atoms. The van der Waals surface area contributed by atoms with E-state index in [0.717, 1.165) is 48.7 Å². The Morgan fingerprint density at radius 1 is 0.650 bits per heavy atom. The summed E-state index contributed by atoms with van der Waals surface area (Å²) in [4.78, 5) is 12.8. The second-order valence-electron chi connectivity index (χ2n) is 8.04. The summed E-state index contributed by atoms with van der Waals surface area (Å²) in [6.45, 7) is 2.95. The van der Waals surface area contributed by atoms with Crippen molar-refractivity contribution >= 4 is 110 Å². The Bertz CT molecular complexity index is 1100. The number of rotatable bonds is 16. The third-order valence-electron chi connectivity index (χ3n) is 5.49. The van der Waals surface area contributed by atoms with Gasteiger partial charge in [0.2, 0.25) is 0 Å². The van der Waals surface area contributed by atoms with Crippen LogP contribution >= 0.6 is 74.7 Å². The van der Waals surface area contributed by atoms with Gasteiger partial charge >= 0.3 is 0 Å². The first kappa shape index (κ1) is 34.2. The minimum absolute atomic E-state index is 0. The summed E-state index contributed by atoms with van der Waals surface area (Å²) in [5.74, 6) is 3.14. The molecule has 0 aliphatic carbocycles. The molecule has 0 bridgehead atoms. The third-order valence-corrected chi connectivity index (χ3v) is 6.92. The van der Waals surface area contributed by atoms with E-state index < -0.39 is 0 Å². The lowest BCUT2D eigenvalue weighted by atomic mass is 10.2. The minimum atomic E-state index is 0. The molecule has 40 heavy (non-hydrogen) atoms. The molecule has 216 valence electrons. The van der Waals surface area contributed by atoms with Crippen molar-refractivity contribution in [1.29, 1.82) is 0 Å². The fourth-order valence-electron chi connectivity index (χ4n) is 3.55. The molecule has 0 radical (unpaired) electrons. The number of anilines is 4. The summed E-state index contributed by atoms with van der Waals surface area (Å²) in [5, 5.41) is 8.60. The first-order valence-corrected chi connectivity index (χ1v) is 15.0. The van der Waals surface area contributed by atoms with Gasteiger partial charge in [0.15, 0.2) is 11.6 Å². The fraction of sp³-hybridized carbons (Fsp3) is 0.308. The van der Waals surface area contributed by atoms with Gasteiger partial charge in [-0.25, -0.2) is 9.97 Å². The molecule has 0 saturated heterocycles. The molecule has 14 heteroatoms. The van der Waals surface area contributed by atoms with Crippen LogP contribution in [0, 0.1) is 0 Å². The van der Waals surface area contributed by atoms with Crippen LogP contribution < -0.4 is 20.7 Å². The molecular formula is C26H30BrCl5N8. The number of alkyl halides is 4. The van der Waals surface area contributed by atoms with Crippen LogP contribution in [-0.2, 0) is 0 Å². The van der Waals surface area contributed by atoms with Crippen molar-refractivity contribution in [3.05, 3.63) is 70.5 Å². The molecule has 2 N–H and O–H groups in total. The molecule has 3 rings (SSSR count). The van der Waals surface area contributed by atoms with Gasteiger partial charge in [0, 0.05) is 61.1 Å². The van der Waals surface area contributed by atoms with Crippen molar-refractivity contribution in [3.8, 4) is 0 Å².